The highest BCUT2D eigenvalue weighted by Gasteiger charge is 2.15. The smallest absolute Gasteiger partial charge is 0.251 e. The van der Waals surface area contributed by atoms with Crippen LogP contribution in [0.5, 0.6) is 0 Å². The van der Waals surface area contributed by atoms with Crippen LogP contribution >= 0.6 is 27.7 Å². The average molecular weight is 415 g/mol. The molecule has 0 bridgehead atoms. The summed E-state index contributed by atoms with van der Waals surface area (Å²) in [5.41, 5.74) is 0.669. The molecule has 0 unspecified atom stereocenters. The zero-order chi connectivity index (χ0) is 18.0. The number of guanidine groups is 1. The van der Waals surface area contributed by atoms with Gasteiger partial charge in [0.1, 0.15) is 0 Å². The second kappa shape index (κ2) is 10.6. The number of halogens is 1. The first kappa shape index (κ1) is 20.8. The van der Waals surface area contributed by atoms with Gasteiger partial charge in [0.25, 0.3) is 5.91 Å². The third kappa shape index (κ3) is 8.06. The lowest BCUT2D eigenvalue weighted by Crippen LogP contribution is -2.44. The molecule has 0 fully saturated rings. The highest BCUT2D eigenvalue weighted by atomic mass is 79.9. The number of hydrogen-bond donors (Lipinski definition) is 3. The van der Waals surface area contributed by atoms with E-state index in [2.05, 4.69) is 57.0 Å². The fourth-order valence-corrected chi connectivity index (χ4v) is 2.27. The molecule has 0 spiro atoms. The predicted octanol–water partition coefficient (Wildman–Crippen LogP) is 2.88. The van der Waals surface area contributed by atoms with Gasteiger partial charge in [-0.15, -0.1) is 0 Å². The molecule has 1 rings (SSSR count). The fourth-order valence-electron chi connectivity index (χ4n) is 1.79. The van der Waals surface area contributed by atoms with E-state index in [1.54, 1.807) is 19.2 Å². The number of carbonyl (C=O) groups is 1. The molecule has 7 heteroatoms. The van der Waals surface area contributed by atoms with Crippen LogP contribution in [0.15, 0.2) is 33.7 Å². The largest absolute Gasteiger partial charge is 0.356 e. The Bertz CT molecular complexity index is 546. The van der Waals surface area contributed by atoms with E-state index in [9.17, 15) is 4.79 Å². The van der Waals surface area contributed by atoms with Gasteiger partial charge in [-0.2, -0.15) is 11.8 Å². The van der Waals surface area contributed by atoms with Crippen LogP contribution in [0.4, 0.5) is 0 Å². The van der Waals surface area contributed by atoms with Crippen LogP contribution < -0.4 is 16.0 Å². The SMILES string of the molecule is CN=C(NCCCNC(=O)c1ccc(Br)cc1)NCC(C)(C)SC. The Morgan fingerprint density at radius 3 is 2.38 bits per heavy atom. The third-order valence-corrected chi connectivity index (χ3v) is 5.27. The predicted molar refractivity (Wildman–Crippen MR) is 108 cm³/mol. The summed E-state index contributed by atoms with van der Waals surface area (Å²) in [6.45, 7) is 6.59. The van der Waals surface area contributed by atoms with E-state index in [0.29, 0.717) is 12.1 Å². The number of amides is 1. The first-order chi connectivity index (χ1) is 11.4. The first-order valence-electron chi connectivity index (χ1n) is 7.91. The van der Waals surface area contributed by atoms with Crippen LogP contribution in [0.1, 0.15) is 30.6 Å². The zero-order valence-electron chi connectivity index (χ0n) is 14.8. The molecule has 0 aliphatic carbocycles. The molecule has 0 radical (unpaired) electrons. The van der Waals surface area contributed by atoms with E-state index in [1.807, 2.05) is 23.9 Å². The summed E-state index contributed by atoms with van der Waals surface area (Å²) in [6, 6.07) is 7.33. The summed E-state index contributed by atoms with van der Waals surface area (Å²) < 4.78 is 1.13. The maximum absolute atomic E-state index is 12.0. The topological polar surface area (TPSA) is 65.5 Å². The maximum atomic E-state index is 12.0. The number of benzene rings is 1. The molecule has 0 heterocycles. The third-order valence-electron chi connectivity index (χ3n) is 3.50. The van der Waals surface area contributed by atoms with Gasteiger partial charge in [-0.1, -0.05) is 15.9 Å². The molecular weight excluding hydrogens is 388 g/mol. The Labute approximate surface area is 157 Å². The Morgan fingerprint density at radius 2 is 1.79 bits per heavy atom. The van der Waals surface area contributed by atoms with Gasteiger partial charge in [0.2, 0.25) is 0 Å². The van der Waals surface area contributed by atoms with Crippen molar-refractivity contribution in [3.05, 3.63) is 34.3 Å². The van der Waals surface area contributed by atoms with Gasteiger partial charge in [-0.3, -0.25) is 9.79 Å². The maximum Gasteiger partial charge on any atom is 0.251 e. The summed E-state index contributed by atoms with van der Waals surface area (Å²) >= 11 is 5.18. The first-order valence-corrected chi connectivity index (χ1v) is 9.93. The van der Waals surface area contributed by atoms with Gasteiger partial charge >= 0.3 is 0 Å². The van der Waals surface area contributed by atoms with Gasteiger partial charge in [-0.05, 0) is 50.8 Å². The van der Waals surface area contributed by atoms with Crippen molar-refractivity contribution in [1.82, 2.24) is 16.0 Å². The van der Waals surface area contributed by atoms with E-state index < -0.39 is 0 Å². The summed E-state index contributed by atoms with van der Waals surface area (Å²) in [7, 11) is 1.76. The molecule has 0 atom stereocenters. The van der Waals surface area contributed by atoms with Crippen LogP contribution in [0.25, 0.3) is 0 Å². The quantitative estimate of drug-likeness (QED) is 0.347. The zero-order valence-corrected chi connectivity index (χ0v) is 17.2. The number of thioether (sulfide) groups is 1. The number of carbonyl (C=O) groups excluding carboxylic acids is 1. The highest BCUT2D eigenvalue weighted by molar-refractivity contribution is 9.10. The monoisotopic (exact) mass is 414 g/mol. The van der Waals surface area contributed by atoms with Crippen molar-refractivity contribution in [1.29, 1.82) is 0 Å². The number of rotatable bonds is 8. The van der Waals surface area contributed by atoms with Crippen molar-refractivity contribution in [3.63, 3.8) is 0 Å². The molecule has 24 heavy (non-hydrogen) atoms. The summed E-state index contributed by atoms with van der Waals surface area (Å²) in [5, 5.41) is 9.49. The molecule has 134 valence electrons. The molecule has 0 saturated carbocycles. The number of aliphatic imine (C=N–C) groups is 1. The summed E-state index contributed by atoms with van der Waals surface area (Å²) in [5.74, 6) is 0.739. The van der Waals surface area contributed by atoms with Gasteiger partial charge in [0.05, 0.1) is 0 Å². The average Bonchev–Trinajstić information content (AvgIpc) is 2.57. The minimum atomic E-state index is -0.0493. The number of nitrogens with one attached hydrogen (secondary N) is 3. The molecule has 1 aromatic rings. The Kier molecular flexibility index (Phi) is 9.21. The van der Waals surface area contributed by atoms with Crippen LogP contribution in [0, 0.1) is 0 Å². The van der Waals surface area contributed by atoms with Crippen LogP contribution in [-0.4, -0.2) is 49.6 Å². The Balaban J connectivity index is 2.22. The second-order valence-corrected chi connectivity index (χ2v) is 8.36. The lowest BCUT2D eigenvalue weighted by Gasteiger charge is -2.23. The van der Waals surface area contributed by atoms with Crippen LogP contribution in [0.2, 0.25) is 0 Å². The minimum absolute atomic E-state index is 0.0493. The van der Waals surface area contributed by atoms with Gasteiger partial charge in [0, 0.05) is 41.5 Å². The number of nitrogens with zero attached hydrogens (tertiary/aromatic N) is 1. The molecule has 3 N–H and O–H groups in total. The van der Waals surface area contributed by atoms with Crippen molar-refractivity contribution in [2.45, 2.75) is 25.0 Å². The van der Waals surface area contributed by atoms with E-state index in [1.165, 1.54) is 0 Å². The molecule has 0 aliphatic heterocycles. The van der Waals surface area contributed by atoms with E-state index in [-0.39, 0.29) is 10.7 Å². The fraction of sp³-hybridized carbons (Fsp3) is 0.529. The molecular formula is C17H27BrN4OS. The van der Waals surface area contributed by atoms with Crippen LogP contribution in [0.3, 0.4) is 0 Å². The lowest BCUT2D eigenvalue weighted by atomic mass is 10.2. The lowest BCUT2D eigenvalue weighted by molar-refractivity contribution is 0.0953. The van der Waals surface area contributed by atoms with E-state index in [0.717, 1.165) is 29.9 Å². The van der Waals surface area contributed by atoms with Crippen molar-refractivity contribution in [2.24, 2.45) is 4.99 Å². The van der Waals surface area contributed by atoms with E-state index in [4.69, 9.17) is 0 Å². The molecule has 5 nitrogen and oxygen atoms in total. The summed E-state index contributed by atoms with van der Waals surface area (Å²) in [4.78, 5) is 16.2. The van der Waals surface area contributed by atoms with Crippen molar-refractivity contribution in [3.8, 4) is 0 Å². The Morgan fingerprint density at radius 1 is 1.17 bits per heavy atom. The van der Waals surface area contributed by atoms with Gasteiger partial charge < -0.3 is 16.0 Å². The highest BCUT2D eigenvalue weighted by Crippen LogP contribution is 2.19. The van der Waals surface area contributed by atoms with Crippen LogP contribution in [-0.2, 0) is 0 Å². The minimum Gasteiger partial charge on any atom is -0.356 e. The standard InChI is InChI=1S/C17H27BrN4OS/c1-17(2,24-4)12-22-16(19-3)21-11-5-10-20-15(23)13-6-8-14(18)9-7-13/h6-9H,5,10-12H2,1-4H3,(H,20,23)(H2,19,21,22). The molecule has 0 saturated heterocycles. The molecule has 1 amide bonds. The van der Waals surface area contributed by atoms with E-state index >= 15 is 0 Å². The number of hydrogen-bond acceptors (Lipinski definition) is 3. The normalized spacial score (nSPS) is 12.0. The summed E-state index contributed by atoms with van der Waals surface area (Å²) in [6.07, 6.45) is 2.93. The van der Waals surface area contributed by atoms with Gasteiger partial charge in [-0.25, -0.2) is 0 Å². The Hall–Kier alpha value is -1.21. The molecule has 0 aliphatic rings. The van der Waals surface area contributed by atoms with Crippen molar-refractivity contribution in [2.75, 3.05) is 32.9 Å². The molecule has 0 aromatic heterocycles. The van der Waals surface area contributed by atoms with Crippen molar-refractivity contribution >= 4 is 39.6 Å². The second-order valence-electron chi connectivity index (χ2n) is 5.93. The molecule has 1 aromatic carbocycles. The van der Waals surface area contributed by atoms with Crippen molar-refractivity contribution < 1.29 is 4.79 Å². The van der Waals surface area contributed by atoms with Gasteiger partial charge in [0.15, 0.2) is 5.96 Å².